The Balaban J connectivity index is 2.31. The smallest absolute Gasteiger partial charge is 0.257 e. The number of rotatable bonds is 2. The highest BCUT2D eigenvalue weighted by molar-refractivity contribution is 9.12. The van der Waals surface area contributed by atoms with E-state index >= 15 is 0 Å². The quantitative estimate of drug-likeness (QED) is 0.704. The van der Waals surface area contributed by atoms with E-state index in [1.54, 1.807) is 6.07 Å². The Morgan fingerprint density at radius 1 is 1.38 bits per heavy atom. The molecular weight excluding hydrogens is 425 g/mol. The molecule has 0 aliphatic heterocycles. The van der Waals surface area contributed by atoms with Crippen LogP contribution in [0.1, 0.15) is 15.9 Å². The van der Waals surface area contributed by atoms with Crippen LogP contribution in [-0.2, 0) is 0 Å². The van der Waals surface area contributed by atoms with Crippen LogP contribution in [0.2, 0.25) is 0 Å². The van der Waals surface area contributed by atoms with Crippen LogP contribution >= 0.6 is 43.2 Å². The third-order valence-corrected chi connectivity index (χ3v) is 4.77. The first-order chi connectivity index (χ1) is 10.0. The summed E-state index contributed by atoms with van der Waals surface area (Å²) >= 11 is 7.99. The molecule has 0 aliphatic carbocycles. The SMILES string of the molecule is O=C(Nc1ccc(F)cc1C#CCO)c1cc(Br)sc1Br. The highest BCUT2D eigenvalue weighted by Crippen LogP contribution is 2.32. The summed E-state index contributed by atoms with van der Waals surface area (Å²) in [5.41, 5.74) is 1.16. The lowest BCUT2D eigenvalue weighted by molar-refractivity contribution is 0.102. The van der Waals surface area contributed by atoms with Crippen molar-refractivity contribution in [2.45, 2.75) is 0 Å². The van der Waals surface area contributed by atoms with Gasteiger partial charge in [0.1, 0.15) is 12.4 Å². The number of nitrogens with one attached hydrogen (secondary N) is 1. The van der Waals surface area contributed by atoms with Crippen LogP contribution < -0.4 is 5.32 Å². The zero-order chi connectivity index (χ0) is 15.4. The summed E-state index contributed by atoms with van der Waals surface area (Å²) in [6, 6.07) is 5.56. The average molecular weight is 433 g/mol. The molecule has 1 amide bonds. The fourth-order valence-corrected chi connectivity index (χ4v) is 4.34. The van der Waals surface area contributed by atoms with Gasteiger partial charge in [0, 0.05) is 0 Å². The van der Waals surface area contributed by atoms with Gasteiger partial charge in [-0.3, -0.25) is 4.79 Å². The monoisotopic (exact) mass is 431 g/mol. The van der Waals surface area contributed by atoms with Gasteiger partial charge in [-0.05, 0) is 56.1 Å². The lowest BCUT2D eigenvalue weighted by Crippen LogP contribution is -2.12. The van der Waals surface area contributed by atoms with Gasteiger partial charge in [-0.1, -0.05) is 11.8 Å². The number of benzene rings is 1. The summed E-state index contributed by atoms with van der Waals surface area (Å²) in [6.45, 7) is -0.340. The third kappa shape index (κ3) is 4.14. The van der Waals surface area contributed by atoms with Crippen molar-refractivity contribution in [3.05, 3.63) is 48.8 Å². The molecule has 1 aromatic carbocycles. The maximum Gasteiger partial charge on any atom is 0.257 e. The van der Waals surface area contributed by atoms with Crippen LogP contribution in [0.5, 0.6) is 0 Å². The Bertz CT molecular complexity index is 749. The van der Waals surface area contributed by atoms with Crippen LogP contribution in [0.3, 0.4) is 0 Å². The number of aliphatic hydroxyl groups excluding tert-OH is 1. The van der Waals surface area contributed by atoms with E-state index in [-0.39, 0.29) is 12.5 Å². The molecule has 0 radical (unpaired) electrons. The Kier molecular flexibility index (Phi) is 5.53. The van der Waals surface area contributed by atoms with Gasteiger partial charge in [0.25, 0.3) is 5.91 Å². The summed E-state index contributed by atoms with van der Waals surface area (Å²) in [5.74, 6) is 4.25. The first-order valence-corrected chi connectivity index (χ1v) is 8.07. The molecule has 0 aliphatic rings. The summed E-state index contributed by atoms with van der Waals surface area (Å²) in [4.78, 5) is 12.2. The first-order valence-electron chi connectivity index (χ1n) is 5.66. The molecule has 108 valence electrons. The van der Waals surface area contributed by atoms with Gasteiger partial charge in [0.05, 0.1) is 24.4 Å². The lowest BCUT2D eigenvalue weighted by atomic mass is 10.1. The van der Waals surface area contributed by atoms with Crippen LogP contribution in [-0.4, -0.2) is 17.6 Å². The van der Waals surface area contributed by atoms with E-state index in [1.807, 2.05) is 0 Å². The fraction of sp³-hybridized carbons (Fsp3) is 0.0714. The molecule has 0 bridgehead atoms. The van der Waals surface area contributed by atoms with Gasteiger partial charge in [0.2, 0.25) is 0 Å². The number of carbonyl (C=O) groups excluding carboxylic acids is 1. The van der Waals surface area contributed by atoms with E-state index in [4.69, 9.17) is 5.11 Å². The van der Waals surface area contributed by atoms with Gasteiger partial charge in [-0.2, -0.15) is 0 Å². The molecule has 0 unspecified atom stereocenters. The predicted octanol–water partition coefficient (Wildman–Crippen LogP) is 4.01. The van der Waals surface area contributed by atoms with Crippen molar-refractivity contribution in [3.8, 4) is 11.8 Å². The second kappa shape index (κ2) is 7.18. The zero-order valence-corrected chi connectivity index (χ0v) is 14.4. The number of hydrogen-bond donors (Lipinski definition) is 2. The third-order valence-electron chi connectivity index (χ3n) is 2.43. The Hall–Kier alpha value is -1.20. The van der Waals surface area contributed by atoms with E-state index < -0.39 is 5.82 Å². The molecule has 0 spiro atoms. The number of carbonyl (C=O) groups is 1. The molecule has 0 saturated heterocycles. The van der Waals surface area contributed by atoms with Crippen molar-refractivity contribution >= 4 is 54.8 Å². The van der Waals surface area contributed by atoms with Gasteiger partial charge in [-0.25, -0.2) is 4.39 Å². The molecule has 0 fully saturated rings. The number of amides is 1. The summed E-state index contributed by atoms with van der Waals surface area (Å²) in [5, 5.41) is 11.4. The minimum Gasteiger partial charge on any atom is -0.384 e. The molecule has 0 saturated carbocycles. The lowest BCUT2D eigenvalue weighted by Gasteiger charge is -2.07. The second-order valence-electron chi connectivity index (χ2n) is 3.84. The normalized spacial score (nSPS) is 9.90. The van der Waals surface area contributed by atoms with Crippen LogP contribution in [0.25, 0.3) is 0 Å². The number of anilines is 1. The molecule has 1 heterocycles. The number of aliphatic hydroxyl groups is 1. The zero-order valence-electron chi connectivity index (χ0n) is 10.4. The van der Waals surface area contributed by atoms with E-state index in [2.05, 4.69) is 49.0 Å². The first kappa shape index (κ1) is 16.2. The second-order valence-corrected chi connectivity index (χ2v) is 7.59. The molecule has 2 rings (SSSR count). The van der Waals surface area contributed by atoms with Crippen molar-refractivity contribution in [2.75, 3.05) is 11.9 Å². The molecular formula is C14H8Br2FNO2S. The average Bonchev–Trinajstić information content (AvgIpc) is 2.78. The highest BCUT2D eigenvalue weighted by Gasteiger charge is 2.15. The Labute approximate surface area is 141 Å². The van der Waals surface area contributed by atoms with Crippen molar-refractivity contribution in [2.24, 2.45) is 0 Å². The molecule has 3 nitrogen and oxygen atoms in total. The highest BCUT2D eigenvalue weighted by atomic mass is 79.9. The largest absolute Gasteiger partial charge is 0.384 e. The van der Waals surface area contributed by atoms with E-state index in [0.717, 1.165) is 3.79 Å². The van der Waals surface area contributed by atoms with Crippen molar-refractivity contribution in [1.82, 2.24) is 0 Å². The maximum absolute atomic E-state index is 13.2. The van der Waals surface area contributed by atoms with Crippen LogP contribution in [0.15, 0.2) is 31.8 Å². The fourth-order valence-electron chi connectivity index (χ4n) is 1.55. The van der Waals surface area contributed by atoms with Crippen molar-refractivity contribution < 1.29 is 14.3 Å². The van der Waals surface area contributed by atoms with Gasteiger partial charge >= 0.3 is 0 Å². The minimum atomic E-state index is -0.463. The Morgan fingerprint density at radius 3 is 2.76 bits per heavy atom. The standard InChI is InChI=1S/C14H8Br2FNO2S/c15-12-7-10(13(16)21-12)14(20)18-11-4-3-9(17)6-8(11)2-1-5-19/h3-4,6-7,19H,5H2,(H,18,20). The number of thiophene rings is 1. The number of halogens is 3. The molecule has 21 heavy (non-hydrogen) atoms. The summed E-state index contributed by atoms with van der Waals surface area (Å²) in [7, 11) is 0. The Morgan fingerprint density at radius 2 is 2.14 bits per heavy atom. The van der Waals surface area contributed by atoms with E-state index in [0.29, 0.717) is 20.6 Å². The van der Waals surface area contributed by atoms with Crippen molar-refractivity contribution in [1.29, 1.82) is 0 Å². The van der Waals surface area contributed by atoms with Gasteiger partial charge in [0.15, 0.2) is 0 Å². The minimum absolute atomic E-state index is 0.308. The van der Waals surface area contributed by atoms with Crippen molar-refractivity contribution in [3.63, 3.8) is 0 Å². The number of hydrogen-bond acceptors (Lipinski definition) is 3. The molecule has 7 heteroatoms. The predicted molar refractivity (Wildman–Crippen MR) is 88.0 cm³/mol. The van der Waals surface area contributed by atoms with Crippen LogP contribution in [0.4, 0.5) is 10.1 Å². The molecule has 1 aromatic heterocycles. The van der Waals surface area contributed by atoms with E-state index in [9.17, 15) is 9.18 Å². The van der Waals surface area contributed by atoms with E-state index in [1.165, 1.54) is 29.5 Å². The molecule has 2 N–H and O–H groups in total. The molecule has 2 aromatic rings. The van der Waals surface area contributed by atoms with Gasteiger partial charge < -0.3 is 10.4 Å². The summed E-state index contributed by atoms with van der Waals surface area (Å²) < 4.78 is 14.8. The topological polar surface area (TPSA) is 49.3 Å². The summed E-state index contributed by atoms with van der Waals surface area (Å²) in [6.07, 6.45) is 0. The van der Waals surface area contributed by atoms with Gasteiger partial charge in [-0.15, -0.1) is 11.3 Å². The molecule has 0 atom stereocenters. The maximum atomic E-state index is 13.2. The van der Waals surface area contributed by atoms with Crippen LogP contribution in [0, 0.1) is 17.7 Å².